The summed E-state index contributed by atoms with van der Waals surface area (Å²) in [5.74, 6) is 0.528. The fourth-order valence-corrected chi connectivity index (χ4v) is 4.54. The Morgan fingerprint density at radius 2 is 1.50 bits per heavy atom. The highest BCUT2D eigenvalue weighted by Gasteiger charge is 2.16. The molecular weight excluding hydrogens is 570 g/mol. The molecule has 8 heteroatoms. The zero-order chi connectivity index (χ0) is 27.7. The SMILES string of the molecule is O=C(Nc1ccc(N2CCOCC2)cc1)/C(=C/c1ccc(Oc2ccccc2Br)cc1)NC(=O)c1ccccc1. The summed E-state index contributed by atoms with van der Waals surface area (Å²) in [5.41, 5.74) is 2.98. The standard InChI is InChI=1S/C32H28BrN3O4/c33-28-8-4-5-9-30(28)40-27-16-10-23(11-17-27)22-29(35-31(37)24-6-2-1-3-7-24)32(38)34-25-12-14-26(15-13-25)36-18-20-39-21-19-36/h1-17,22H,18-21H2,(H,34,38)(H,35,37)/b29-22-. The third-order valence-electron chi connectivity index (χ3n) is 6.29. The number of anilines is 2. The first kappa shape index (κ1) is 27.2. The maximum absolute atomic E-state index is 13.4. The summed E-state index contributed by atoms with van der Waals surface area (Å²) in [6.45, 7) is 3.06. The van der Waals surface area contributed by atoms with Crippen LogP contribution in [0.3, 0.4) is 0 Å². The Hall–Kier alpha value is -4.40. The second-order valence-electron chi connectivity index (χ2n) is 9.08. The maximum atomic E-state index is 13.4. The van der Waals surface area contributed by atoms with E-state index in [1.54, 1.807) is 30.3 Å². The number of hydrogen-bond acceptors (Lipinski definition) is 5. The van der Waals surface area contributed by atoms with Crippen LogP contribution in [0.15, 0.2) is 113 Å². The van der Waals surface area contributed by atoms with Crippen molar-refractivity contribution in [1.82, 2.24) is 5.32 Å². The van der Waals surface area contributed by atoms with Crippen LogP contribution in [0.25, 0.3) is 6.08 Å². The van der Waals surface area contributed by atoms with E-state index in [4.69, 9.17) is 9.47 Å². The molecule has 1 aliphatic heterocycles. The predicted octanol–water partition coefficient (Wildman–Crippen LogP) is 6.49. The van der Waals surface area contributed by atoms with Crippen LogP contribution in [0.4, 0.5) is 11.4 Å². The number of carbonyl (C=O) groups excluding carboxylic acids is 2. The van der Waals surface area contributed by atoms with Crippen LogP contribution in [0, 0.1) is 0 Å². The summed E-state index contributed by atoms with van der Waals surface area (Å²) < 4.78 is 12.2. The van der Waals surface area contributed by atoms with Crippen molar-refractivity contribution in [3.63, 3.8) is 0 Å². The minimum absolute atomic E-state index is 0.116. The van der Waals surface area contributed by atoms with Crippen molar-refractivity contribution in [2.24, 2.45) is 0 Å². The Bertz CT molecular complexity index is 1480. The highest BCUT2D eigenvalue weighted by atomic mass is 79.9. The molecule has 1 saturated heterocycles. The topological polar surface area (TPSA) is 79.9 Å². The average molecular weight is 598 g/mol. The van der Waals surface area contributed by atoms with Crippen LogP contribution in [-0.4, -0.2) is 38.1 Å². The Balaban J connectivity index is 1.34. The quantitative estimate of drug-likeness (QED) is 0.227. The minimum atomic E-state index is -0.433. The smallest absolute Gasteiger partial charge is 0.272 e. The Kier molecular flexibility index (Phi) is 8.90. The minimum Gasteiger partial charge on any atom is -0.456 e. The van der Waals surface area contributed by atoms with E-state index in [-0.39, 0.29) is 11.6 Å². The highest BCUT2D eigenvalue weighted by Crippen LogP contribution is 2.29. The largest absolute Gasteiger partial charge is 0.456 e. The maximum Gasteiger partial charge on any atom is 0.272 e. The summed E-state index contributed by atoms with van der Waals surface area (Å²) in [7, 11) is 0. The van der Waals surface area contributed by atoms with Gasteiger partial charge in [-0.15, -0.1) is 0 Å². The molecule has 2 N–H and O–H groups in total. The van der Waals surface area contributed by atoms with Gasteiger partial charge in [0, 0.05) is 30.0 Å². The Morgan fingerprint density at radius 3 is 2.20 bits per heavy atom. The van der Waals surface area contributed by atoms with Crippen molar-refractivity contribution >= 4 is 45.2 Å². The van der Waals surface area contributed by atoms with Crippen molar-refractivity contribution in [3.05, 3.63) is 124 Å². The number of morpholine rings is 1. The van der Waals surface area contributed by atoms with Crippen molar-refractivity contribution in [2.75, 3.05) is 36.5 Å². The fourth-order valence-electron chi connectivity index (χ4n) is 4.17. The number of para-hydroxylation sites is 1. The molecule has 0 spiro atoms. The van der Waals surface area contributed by atoms with E-state index in [2.05, 4.69) is 31.5 Å². The fraction of sp³-hybridized carbons (Fsp3) is 0.125. The number of ether oxygens (including phenoxy) is 2. The lowest BCUT2D eigenvalue weighted by Gasteiger charge is -2.28. The first-order chi connectivity index (χ1) is 19.5. The van der Waals surface area contributed by atoms with Crippen molar-refractivity contribution in [2.45, 2.75) is 0 Å². The number of rotatable bonds is 8. The summed E-state index contributed by atoms with van der Waals surface area (Å²) in [6, 6.07) is 31.3. The molecule has 5 rings (SSSR count). The lowest BCUT2D eigenvalue weighted by Crippen LogP contribution is -2.36. The lowest BCUT2D eigenvalue weighted by atomic mass is 10.1. The zero-order valence-electron chi connectivity index (χ0n) is 21.7. The monoisotopic (exact) mass is 597 g/mol. The van der Waals surface area contributed by atoms with Crippen LogP contribution < -0.4 is 20.3 Å². The van der Waals surface area contributed by atoms with Gasteiger partial charge in [0.15, 0.2) is 0 Å². The average Bonchev–Trinajstić information content (AvgIpc) is 3.00. The normalized spacial score (nSPS) is 13.4. The van der Waals surface area contributed by atoms with E-state index in [1.807, 2.05) is 78.9 Å². The first-order valence-corrected chi connectivity index (χ1v) is 13.7. The van der Waals surface area contributed by atoms with E-state index in [9.17, 15) is 9.59 Å². The molecular formula is C32H28BrN3O4. The molecule has 0 aromatic heterocycles. The predicted molar refractivity (Wildman–Crippen MR) is 161 cm³/mol. The summed E-state index contributed by atoms with van der Waals surface area (Å²) >= 11 is 3.48. The molecule has 1 fully saturated rings. The van der Waals surface area contributed by atoms with E-state index in [0.29, 0.717) is 36.0 Å². The molecule has 0 radical (unpaired) electrons. The number of amides is 2. The van der Waals surface area contributed by atoms with E-state index in [0.717, 1.165) is 28.8 Å². The second kappa shape index (κ2) is 13.1. The molecule has 202 valence electrons. The van der Waals surface area contributed by atoms with Crippen LogP contribution >= 0.6 is 15.9 Å². The van der Waals surface area contributed by atoms with Gasteiger partial charge in [-0.25, -0.2) is 0 Å². The summed E-state index contributed by atoms with van der Waals surface area (Å²) in [4.78, 5) is 28.5. The molecule has 0 aliphatic carbocycles. The molecule has 0 unspecified atom stereocenters. The van der Waals surface area contributed by atoms with E-state index < -0.39 is 5.91 Å². The van der Waals surface area contributed by atoms with Gasteiger partial charge in [0.05, 0.1) is 17.7 Å². The number of nitrogens with one attached hydrogen (secondary N) is 2. The summed E-state index contributed by atoms with van der Waals surface area (Å²) in [6.07, 6.45) is 1.64. The van der Waals surface area contributed by atoms with Crippen molar-refractivity contribution < 1.29 is 19.1 Å². The van der Waals surface area contributed by atoms with Gasteiger partial charge >= 0.3 is 0 Å². The molecule has 0 bridgehead atoms. The second-order valence-corrected chi connectivity index (χ2v) is 9.93. The third-order valence-corrected chi connectivity index (χ3v) is 6.94. The lowest BCUT2D eigenvalue weighted by molar-refractivity contribution is -0.113. The van der Waals surface area contributed by atoms with Gasteiger partial charge in [0.25, 0.3) is 11.8 Å². The Labute approximate surface area is 241 Å². The molecule has 1 heterocycles. The number of hydrogen-bond donors (Lipinski definition) is 2. The number of carbonyl (C=O) groups is 2. The molecule has 4 aromatic carbocycles. The van der Waals surface area contributed by atoms with Crippen LogP contribution in [-0.2, 0) is 9.53 Å². The molecule has 0 saturated carbocycles. The third kappa shape index (κ3) is 7.16. The summed E-state index contributed by atoms with van der Waals surface area (Å²) in [5, 5.41) is 5.68. The van der Waals surface area contributed by atoms with Crippen molar-refractivity contribution in [3.8, 4) is 11.5 Å². The van der Waals surface area contributed by atoms with Gasteiger partial charge in [-0.3, -0.25) is 9.59 Å². The van der Waals surface area contributed by atoms with Gasteiger partial charge in [-0.05, 0) is 88.2 Å². The van der Waals surface area contributed by atoms with Gasteiger partial charge in [-0.2, -0.15) is 0 Å². The van der Waals surface area contributed by atoms with Gasteiger partial charge in [0.2, 0.25) is 0 Å². The zero-order valence-corrected chi connectivity index (χ0v) is 23.3. The first-order valence-electron chi connectivity index (χ1n) is 12.9. The highest BCUT2D eigenvalue weighted by molar-refractivity contribution is 9.10. The molecule has 40 heavy (non-hydrogen) atoms. The molecule has 0 atom stereocenters. The number of benzene rings is 4. The van der Waals surface area contributed by atoms with Crippen LogP contribution in [0.2, 0.25) is 0 Å². The molecule has 2 amide bonds. The van der Waals surface area contributed by atoms with E-state index in [1.165, 1.54) is 0 Å². The number of nitrogens with zero attached hydrogens (tertiary/aromatic N) is 1. The van der Waals surface area contributed by atoms with Crippen LogP contribution in [0.5, 0.6) is 11.5 Å². The van der Waals surface area contributed by atoms with Gasteiger partial charge < -0.3 is 25.0 Å². The van der Waals surface area contributed by atoms with E-state index >= 15 is 0 Å². The number of halogens is 1. The van der Waals surface area contributed by atoms with Crippen molar-refractivity contribution in [1.29, 1.82) is 0 Å². The molecule has 4 aromatic rings. The van der Waals surface area contributed by atoms with Gasteiger partial charge in [-0.1, -0.05) is 42.5 Å². The molecule has 7 nitrogen and oxygen atoms in total. The Morgan fingerprint density at radius 1 is 0.825 bits per heavy atom. The van der Waals surface area contributed by atoms with Gasteiger partial charge in [0.1, 0.15) is 17.2 Å². The molecule has 1 aliphatic rings. The van der Waals surface area contributed by atoms with Crippen LogP contribution in [0.1, 0.15) is 15.9 Å².